The highest BCUT2D eigenvalue weighted by Crippen LogP contribution is 2.30. The predicted molar refractivity (Wildman–Crippen MR) is 69.4 cm³/mol. The highest BCUT2D eigenvalue weighted by atomic mass is 16.3. The Balaban J connectivity index is 1.95. The number of rotatable bonds is 3. The molecule has 0 saturated carbocycles. The molecule has 4 nitrogen and oxygen atoms in total. The first-order chi connectivity index (χ1) is 8.73. The van der Waals surface area contributed by atoms with Crippen LogP contribution < -0.4 is 5.32 Å². The van der Waals surface area contributed by atoms with Crippen LogP contribution in [-0.4, -0.2) is 16.1 Å². The van der Waals surface area contributed by atoms with Gasteiger partial charge in [-0.1, -0.05) is 6.92 Å². The molecule has 96 valence electrons. The molecule has 3 heterocycles. The Hall–Kier alpha value is -1.55. The summed E-state index contributed by atoms with van der Waals surface area (Å²) >= 11 is 0. The van der Waals surface area contributed by atoms with Crippen molar-refractivity contribution in [3.63, 3.8) is 0 Å². The fraction of sp³-hybridized carbons (Fsp3) is 0.500. The second-order valence-electron chi connectivity index (χ2n) is 5.11. The Morgan fingerprint density at radius 2 is 2.44 bits per heavy atom. The second-order valence-corrected chi connectivity index (χ2v) is 5.11. The summed E-state index contributed by atoms with van der Waals surface area (Å²) in [5.41, 5.74) is 2.56. The van der Waals surface area contributed by atoms with Crippen molar-refractivity contribution in [1.82, 2.24) is 14.9 Å². The number of hydrogen-bond acceptors (Lipinski definition) is 3. The zero-order chi connectivity index (χ0) is 12.6. The molecule has 3 rings (SSSR count). The van der Waals surface area contributed by atoms with E-state index in [0.29, 0.717) is 0 Å². The SMILES string of the molecule is CCC1(C)NCCc2c1ncn2Cc1ccco1. The van der Waals surface area contributed by atoms with Gasteiger partial charge < -0.3 is 14.3 Å². The molecule has 0 amide bonds. The maximum absolute atomic E-state index is 5.41. The highest BCUT2D eigenvalue weighted by molar-refractivity contribution is 5.26. The fourth-order valence-corrected chi connectivity index (χ4v) is 2.67. The normalized spacial score (nSPS) is 23.0. The third-order valence-corrected chi connectivity index (χ3v) is 3.96. The number of furan rings is 1. The number of nitrogens with zero attached hydrogens (tertiary/aromatic N) is 2. The lowest BCUT2D eigenvalue weighted by atomic mass is 9.89. The van der Waals surface area contributed by atoms with Gasteiger partial charge in [0, 0.05) is 18.7 Å². The minimum Gasteiger partial charge on any atom is -0.467 e. The van der Waals surface area contributed by atoms with Gasteiger partial charge in [-0.25, -0.2) is 4.98 Å². The van der Waals surface area contributed by atoms with Crippen molar-refractivity contribution in [3.8, 4) is 0 Å². The topological polar surface area (TPSA) is 43.0 Å². The lowest BCUT2D eigenvalue weighted by Crippen LogP contribution is -2.45. The van der Waals surface area contributed by atoms with E-state index < -0.39 is 0 Å². The molecule has 0 spiro atoms. The Labute approximate surface area is 107 Å². The van der Waals surface area contributed by atoms with E-state index >= 15 is 0 Å². The summed E-state index contributed by atoms with van der Waals surface area (Å²) in [5, 5.41) is 3.57. The molecule has 2 aromatic rings. The number of hydrogen-bond donors (Lipinski definition) is 1. The number of fused-ring (bicyclic) bond motifs is 1. The van der Waals surface area contributed by atoms with Crippen LogP contribution in [0.3, 0.4) is 0 Å². The largest absolute Gasteiger partial charge is 0.467 e. The summed E-state index contributed by atoms with van der Waals surface area (Å²) in [6, 6.07) is 3.93. The summed E-state index contributed by atoms with van der Waals surface area (Å²) < 4.78 is 7.62. The third kappa shape index (κ3) is 1.77. The molecule has 1 aliphatic heterocycles. The van der Waals surface area contributed by atoms with E-state index in [1.54, 1.807) is 6.26 Å². The summed E-state index contributed by atoms with van der Waals surface area (Å²) in [4.78, 5) is 4.62. The predicted octanol–water partition coefficient (Wildman–Crippen LogP) is 2.30. The van der Waals surface area contributed by atoms with Gasteiger partial charge in [0.2, 0.25) is 0 Å². The molecule has 18 heavy (non-hydrogen) atoms. The minimum absolute atomic E-state index is 0.0159. The smallest absolute Gasteiger partial charge is 0.123 e. The lowest BCUT2D eigenvalue weighted by Gasteiger charge is -2.33. The van der Waals surface area contributed by atoms with Gasteiger partial charge in [0.15, 0.2) is 0 Å². The monoisotopic (exact) mass is 245 g/mol. The van der Waals surface area contributed by atoms with Gasteiger partial charge in [-0.2, -0.15) is 0 Å². The first-order valence-electron chi connectivity index (χ1n) is 6.55. The quantitative estimate of drug-likeness (QED) is 0.902. The number of imidazole rings is 1. The summed E-state index contributed by atoms with van der Waals surface area (Å²) in [7, 11) is 0. The average Bonchev–Trinajstić information content (AvgIpc) is 3.01. The zero-order valence-electron chi connectivity index (χ0n) is 10.9. The van der Waals surface area contributed by atoms with Crippen LogP contribution in [-0.2, 0) is 18.5 Å². The summed E-state index contributed by atoms with van der Waals surface area (Å²) in [6.45, 7) is 6.22. The molecule has 0 radical (unpaired) electrons. The molecule has 1 atom stereocenters. The Kier molecular flexibility index (Phi) is 2.74. The van der Waals surface area contributed by atoms with Crippen molar-refractivity contribution >= 4 is 0 Å². The Bertz CT molecular complexity index is 529. The van der Waals surface area contributed by atoms with Crippen LogP contribution in [0.15, 0.2) is 29.1 Å². The van der Waals surface area contributed by atoms with Crippen LogP contribution >= 0.6 is 0 Å². The van der Waals surface area contributed by atoms with Crippen molar-refractivity contribution in [2.24, 2.45) is 0 Å². The first kappa shape index (κ1) is 11.5. The molecule has 0 saturated heterocycles. The Morgan fingerprint density at radius 3 is 3.17 bits per heavy atom. The highest BCUT2D eigenvalue weighted by Gasteiger charge is 2.33. The number of nitrogens with one attached hydrogen (secondary N) is 1. The van der Waals surface area contributed by atoms with Crippen molar-refractivity contribution in [1.29, 1.82) is 0 Å². The van der Waals surface area contributed by atoms with E-state index in [9.17, 15) is 0 Å². The average molecular weight is 245 g/mol. The van der Waals surface area contributed by atoms with Crippen LogP contribution in [0.25, 0.3) is 0 Å². The molecule has 0 fully saturated rings. The van der Waals surface area contributed by atoms with Crippen LogP contribution in [0.2, 0.25) is 0 Å². The van der Waals surface area contributed by atoms with Gasteiger partial charge in [-0.15, -0.1) is 0 Å². The first-order valence-corrected chi connectivity index (χ1v) is 6.55. The van der Waals surface area contributed by atoms with Crippen molar-refractivity contribution in [3.05, 3.63) is 41.9 Å². The van der Waals surface area contributed by atoms with E-state index in [0.717, 1.165) is 31.7 Å². The molecular weight excluding hydrogens is 226 g/mol. The van der Waals surface area contributed by atoms with E-state index in [1.165, 1.54) is 11.4 Å². The summed E-state index contributed by atoms with van der Waals surface area (Å²) in [5.74, 6) is 0.979. The molecule has 1 N–H and O–H groups in total. The van der Waals surface area contributed by atoms with E-state index in [2.05, 4.69) is 28.7 Å². The summed E-state index contributed by atoms with van der Waals surface area (Å²) in [6.07, 6.45) is 5.74. The van der Waals surface area contributed by atoms with Gasteiger partial charge in [-0.3, -0.25) is 0 Å². The lowest BCUT2D eigenvalue weighted by molar-refractivity contribution is 0.323. The molecule has 1 unspecified atom stereocenters. The van der Waals surface area contributed by atoms with Gasteiger partial charge in [0.25, 0.3) is 0 Å². The van der Waals surface area contributed by atoms with Crippen molar-refractivity contribution in [2.75, 3.05) is 6.54 Å². The fourth-order valence-electron chi connectivity index (χ4n) is 2.67. The van der Waals surface area contributed by atoms with E-state index in [4.69, 9.17) is 4.42 Å². The molecule has 0 aromatic carbocycles. The zero-order valence-corrected chi connectivity index (χ0v) is 10.9. The third-order valence-electron chi connectivity index (χ3n) is 3.96. The molecule has 4 heteroatoms. The second kappa shape index (κ2) is 4.28. The molecule has 0 aliphatic carbocycles. The van der Waals surface area contributed by atoms with Crippen LogP contribution in [0, 0.1) is 0 Å². The standard InChI is InChI=1S/C14H19N3O/c1-3-14(2)13-12(6-7-16-14)17(10-15-13)9-11-5-4-8-18-11/h4-5,8,10,16H,3,6-7,9H2,1-2H3. The number of aromatic nitrogens is 2. The molecule has 2 aromatic heterocycles. The maximum Gasteiger partial charge on any atom is 0.123 e. The van der Waals surface area contributed by atoms with Crippen LogP contribution in [0.1, 0.15) is 37.4 Å². The van der Waals surface area contributed by atoms with Crippen LogP contribution in [0.4, 0.5) is 0 Å². The maximum atomic E-state index is 5.41. The molecule has 1 aliphatic rings. The molecular formula is C14H19N3O. The minimum atomic E-state index is 0.0159. The van der Waals surface area contributed by atoms with E-state index in [1.807, 2.05) is 18.5 Å². The van der Waals surface area contributed by atoms with E-state index in [-0.39, 0.29) is 5.54 Å². The van der Waals surface area contributed by atoms with Crippen molar-refractivity contribution < 1.29 is 4.42 Å². The molecule has 0 bridgehead atoms. The van der Waals surface area contributed by atoms with Gasteiger partial charge in [0.1, 0.15) is 5.76 Å². The van der Waals surface area contributed by atoms with Crippen molar-refractivity contribution in [2.45, 2.75) is 38.8 Å². The van der Waals surface area contributed by atoms with Gasteiger partial charge >= 0.3 is 0 Å². The Morgan fingerprint density at radius 1 is 1.56 bits per heavy atom. The van der Waals surface area contributed by atoms with Gasteiger partial charge in [-0.05, 0) is 25.5 Å². The van der Waals surface area contributed by atoms with Crippen LogP contribution in [0.5, 0.6) is 0 Å². The van der Waals surface area contributed by atoms with Gasteiger partial charge in [0.05, 0.1) is 30.4 Å².